The van der Waals surface area contributed by atoms with Gasteiger partial charge in [-0.1, -0.05) is 386 Å². The Morgan fingerprint density at radius 3 is 0.486 bits per heavy atom. The molecule has 764 valence electrons. The molecule has 4 N–H and O–H groups in total. The van der Waals surface area contributed by atoms with Crippen LogP contribution >= 0.6 is 90.4 Å². The molecule has 144 heavy (non-hydrogen) atoms. The van der Waals surface area contributed by atoms with E-state index < -0.39 is 0 Å². The molecule has 0 spiro atoms. The maximum atomic E-state index is 4.33. The third-order valence-corrected chi connectivity index (χ3v) is 35.0. The lowest BCUT2D eigenvalue weighted by Crippen LogP contribution is -2.19. The smallest absolute Gasteiger partial charge is 0.0492 e. The fourth-order valence-corrected chi connectivity index (χ4v) is 26.3. The van der Waals surface area contributed by atoms with E-state index in [0.29, 0.717) is 0 Å². The molecule has 16 aromatic rings. The van der Waals surface area contributed by atoms with Gasteiger partial charge in [0.25, 0.3) is 0 Å². The molecule has 0 saturated carbocycles. The summed E-state index contributed by atoms with van der Waals surface area (Å²) in [7, 11) is 0. The summed E-state index contributed by atoms with van der Waals surface area (Å²) in [5.74, 6) is 0. The zero-order valence-electron chi connectivity index (χ0n) is 88.2. The lowest BCUT2D eigenvalue weighted by Gasteiger charge is -2.12. The second-order valence-electron chi connectivity index (χ2n) is 43.2. The van der Waals surface area contributed by atoms with E-state index in [4.69, 9.17) is 0 Å². The van der Waals surface area contributed by atoms with Crippen molar-refractivity contribution in [2.45, 2.75) is 413 Å². The van der Waals surface area contributed by atoms with E-state index in [1.807, 2.05) is 0 Å². The molecular formula is C132H168I4N8. The molecule has 17 rings (SSSR count). The topological polar surface area (TPSA) is 82.9 Å². The molecular weight excluding hydrogens is 2210 g/mol. The molecule has 0 unspecified atom stereocenters. The van der Waals surface area contributed by atoms with Gasteiger partial charge in [-0.15, -0.1) is 0 Å². The van der Waals surface area contributed by atoms with Gasteiger partial charge in [-0.2, -0.15) is 0 Å². The quantitative estimate of drug-likeness (QED) is 0.0216. The summed E-state index contributed by atoms with van der Waals surface area (Å²) in [5, 5.41) is 14.7. The number of hydrogen-bond donors (Lipinski definition) is 4. The number of aromatic nitrogens is 8. The van der Waals surface area contributed by atoms with Crippen LogP contribution in [0, 0.1) is 14.3 Å². The van der Waals surface area contributed by atoms with E-state index in [0.717, 1.165) is 92.6 Å². The van der Waals surface area contributed by atoms with Crippen molar-refractivity contribution in [3.63, 3.8) is 0 Å². The SMILES string of the molecule is CCCCCCCCCCCCCCCCn1c2ccc(I)cc2c2cc(C3=c4ccc([nH]4)=C(c4ccc5c(c4)c4cc(I)ccc4n5CCCCCCCCCCCCCCCC)c4ccc([nH]4)C(c4ccc5c(c4)c4cc(I)ccc4n5CCCCCCCCCCCCCCCC)=c4ccc([nH]4)=C(c4ccc5c(c4)c4cc(I)ccc4n5CCCCCCCCCCCCCCCC)c4ccc3[nH]4)ccc21. The molecule has 8 nitrogen and oxygen atoms in total. The van der Waals surface area contributed by atoms with Crippen LogP contribution in [0.15, 0.2) is 194 Å². The fourth-order valence-electron chi connectivity index (χ4n) is 24.3. The van der Waals surface area contributed by atoms with Gasteiger partial charge in [0.15, 0.2) is 0 Å². The number of fused-ring (bicyclic) bond motifs is 20. The lowest BCUT2D eigenvalue weighted by atomic mass is 10.00. The molecule has 0 saturated heterocycles. The van der Waals surface area contributed by atoms with Gasteiger partial charge >= 0.3 is 0 Å². The number of hydrogen-bond acceptors (Lipinski definition) is 0. The van der Waals surface area contributed by atoms with E-state index in [9.17, 15) is 0 Å². The Hall–Kier alpha value is -7.52. The third-order valence-electron chi connectivity index (χ3n) is 32.3. The number of unbranched alkanes of at least 4 members (excludes halogenated alkanes) is 52. The molecule has 1 aliphatic heterocycles. The minimum absolute atomic E-state index is 1.00. The average molecular weight is 2370 g/mol. The molecule has 0 fully saturated rings. The standard InChI is InChI=1S/C132H168I4N8/c1-5-9-13-17-21-25-29-33-37-41-45-49-53-57-85-141-121-77-61-97(89-105(121)109-93-101(133)65-81-125(109)141)129-113-69-71-115(137-113)130(98-62-78-122-106(90-98)110-94-102(134)66-82-126(110)142(122)86-58-54-50-46-42-38-34-30-26-22-18-14-10-6-2)117-73-75-119(139-117)132(100-64-80-124-108(92-100)112-96-104(136)68-84-128(112)144(124)88-60-56-52-48-44-40-36-32-28-24-20-16-12-8-4)120-76-74-118(140-120)131(116-72-70-114(129)138-116)99-63-79-123-107(91-99)111-95-103(135)67-83-127(111)143(123)87-59-55-51-47-43-39-35-31-27-23-19-15-11-7-3/h61-84,89-96,137-140H,5-60,85-88H2,1-4H3. The molecule has 0 atom stereocenters. The van der Waals surface area contributed by atoms with Gasteiger partial charge in [0, 0.05) is 194 Å². The van der Waals surface area contributed by atoms with Crippen molar-refractivity contribution < 1.29 is 0 Å². The Morgan fingerprint density at radius 1 is 0.160 bits per heavy atom. The van der Waals surface area contributed by atoms with Gasteiger partial charge in [0.2, 0.25) is 0 Å². The van der Waals surface area contributed by atoms with Crippen LogP contribution in [0.1, 0.15) is 432 Å². The summed E-state index contributed by atoms with van der Waals surface area (Å²) in [6, 6.07) is 77.5. The Balaban J connectivity index is 0.770. The molecule has 8 bridgehead atoms. The van der Waals surface area contributed by atoms with Crippen LogP contribution < -0.4 is 21.4 Å². The Labute approximate surface area is 917 Å². The second-order valence-corrected chi connectivity index (χ2v) is 48.2. The van der Waals surface area contributed by atoms with Crippen LogP contribution in [-0.2, 0) is 26.2 Å². The Kier molecular flexibility index (Phi) is 42.2. The maximum absolute atomic E-state index is 4.33. The van der Waals surface area contributed by atoms with Crippen LogP contribution in [-0.4, -0.2) is 38.2 Å². The first kappa shape index (κ1) is 108. The van der Waals surface area contributed by atoms with Gasteiger partial charge in [-0.3, -0.25) is 0 Å². The lowest BCUT2D eigenvalue weighted by molar-refractivity contribution is 0.528. The number of rotatable bonds is 64. The van der Waals surface area contributed by atoms with Crippen molar-refractivity contribution in [2.24, 2.45) is 0 Å². The highest BCUT2D eigenvalue weighted by Gasteiger charge is 2.26. The van der Waals surface area contributed by atoms with Crippen LogP contribution in [0.5, 0.6) is 0 Å². The minimum Gasteiger partial charge on any atom is -0.354 e. The highest BCUT2D eigenvalue weighted by molar-refractivity contribution is 14.1. The number of aryl methyl sites for hydroxylation is 4. The van der Waals surface area contributed by atoms with Crippen molar-refractivity contribution in [1.82, 2.24) is 38.2 Å². The van der Waals surface area contributed by atoms with Crippen LogP contribution in [0.2, 0.25) is 0 Å². The van der Waals surface area contributed by atoms with Crippen molar-refractivity contribution >= 4 is 200 Å². The van der Waals surface area contributed by atoms with Gasteiger partial charge in [-0.05, 0) is 308 Å². The van der Waals surface area contributed by atoms with Crippen molar-refractivity contribution in [1.29, 1.82) is 0 Å². The van der Waals surface area contributed by atoms with E-state index in [1.54, 1.807) is 0 Å². The normalized spacial score (nSPS) is 12.7. The molecule has 12 heteroatoms. The predicted octanol–water partition coefficient (Wildman–Crippen LogP) is 39.1. The minimum atomic E-state index is 1.00. The molecule has 0 radical (unpaired) electrons. The number of benzene rings is 8. The van der Waals surface area contributed by atoms with Crippen molar-refractivity contribution in [3.05, 3.63) is 275 Å². The van der Waals surface area contributed by atoms with Crippen LogP contribution in [0.3, 0.4) is 0 Å². The summed E-state index contributed by atoms with van der Waals surface area (Å²) in [4.78, 5) is 17.3. The monoisotopic (exact) mass is 2370 g/mol. The molecule has 8 aromatic carbocycles. The van der Waals surface area contributed by atoms with Crippen molar-refractivity contribution in [2.75, 3.05) is 0 Å². The summed E-state index contributed by atoms with van der Waals surface area (Å²) >= 11 is 10.2. The van der Waals surface area contributed by atoms with E-state index in [-0.39, 0.29) is 0 Å². The van der Waals surface area contributed by atoms with Crippen LogP contribution in [0.4, 0.5) is 0 Å². The number of nitrogens with zero attached hydrogens (tertiary/aromatic N) is 4. The first-order valence-electron chi connectivity index (χ1n) is 58.2. The summed E-state index contributed by atoms with van der Waals surface area (Å²) in [6.45, 7) is 13.3. The highest BCUT2D eigenvalue weighted by atomic mass is 127. The van der Waals surface area contributed by atoms with E-state index >= 15 is 0 Å². The van der Waals surface area contributed by atoms with Crippen molar-refractivity contribution in [3.8, 4) is 0 Å². The second kappa shape index (κ2) is 56.4. The van der Waals surface area contributed by atoms with Gasteiger partial charge < -0.3 is 38.2 Å². The summed E-state index contributed by atoms with van der Waals surface area (Å²) in [5.41, 5.74) is 23.9. The van der Waals surface area contributed by atoms with Gasteiger partial charge in [0.05, 0.1) is 0 Å². The molecule has 8 aromatic heterocycles. The number of aromatic amines is 4. The third kappa shape index (κ3) is 28.0. The molecule has 0 amide bonds. The molecule has 1 aliphatic rings. The zero-order chi connectivity index (χ0) is 99.0. The summed E-state index contributed by atoms with van der Waals surface area (Å²) < 4.78 is 15.6. The fraction of sp³-hybridized carbons (Fsp3) is 0.485. The molecule has 9 heterocycles. The largest absolute Gasteiger partial charge is 0.354 e. The number of H-pyrrole nitrogens is 4. The van der Waals surface area contributed by atoms with E-state index in [2.05, 4.69) is 350 Å². The number of nitrogens with one attached hydrogen (secondary N) is 4. The zero-order valence-corrected chi connectivity index (χ0v) is 96.8. The Morgan fingerprint density at radius 2 is 0.312 bits per heavy atom. The first-order chi connectivity index (χ1) is 71.0. The van der Waals surface area contributed by atoms with Gasteiger partial charge in [-0.25, -0.2) is 0 Å². The van der Waals surface area contributed by atoms with Gasteiger partial charge in [0.1, 0.15) is 0 Å². The predicted molar refractivity (Wildman–Crippen MR) is 658 cm³/mol. The highest BCUT2D eigenvalue weighted by Crippen LogP contribution is 2.42. The maximum Gasteiger partial charge on any atom is 0.0492 e. The summed E-state index contributed by atoms with van der Waals surface area (Å²) in [6.07, 6.45) is 75.9. The van der Waals surface area contributed by atoms with Crippen LogP contribution in [0.25, 0.3) is 110 Å². The number of halogens is 4. The first-order valence-corrected chi connectivity index (χ1v) is 62.5. The Bertz CT molecular complexity index is 6250. The molecule has 0 aliphatic carbocycles. The average Bonchev–Trinajstić information content (AvgIpc) is 1.60. The van der Waals surface area contributed by atoms with E-state index in [1.165, 1.54) is 483 Å².